The Bertz CT molecular complexity index is 841. The Kier molecular flexibility index (Phi) is 5.58. The van der Waals surface area contributed by atoms with E-state index in [1.165, 1.54) is 13.8 Å². The lowest BCUT2D eigenvalue weighted by Crippen LogP contribution is -2.13. The highest BCUT2D eigenvalue weighted by molar-refractivity contribution is 5.71. The summed E-state index contributed by atoms with van der Waals surface area (Å²) in [5.41, 5.74) is -4.36. The Hall–Kier alpha value is -2.19. The van der Waals surface area contributed by atoms with Gasteiger partial charge in [-0.1, -0.05) is 13.8 Å². The van der Waals surface area contributed by atoms with Crippen LogP contribution in [-0.4, -0.2) is 0 Å². The van der Waals surface area contributed by atoms with Crippen molar-refractivity contribution in [2.24, 2.45) is 0 Å². The number of benzene rings is 2. The SMILES string of the molecule is CCC(CC)c1c(F)c(F)c(F)c(F)c1-c1c(F)c(F)c(F)c(F)c1F. The highest BCUT2D eigenvalue weighted by Gasteiger charge is 2.35. The van der Waals surface area contributed by atoms with Crippen molar-refractivity contribution in [3.63, 3.8) is 0 Å². The largest absolute Gasteiger partial charge is 0.203 e. The summed E-state index contributed by atoms with van der Waals surface area (Å²) >= 11 is 0. The van der Waals surface area contributed by atoms with Crippen LogP contribution in [0.1, 0.15) is 38.2 Å². The van der Waals surface area contributed by atoms with Crippen LogP contribution in [0.2, 0.25) is 0 Å². The van der Waals surface area contributed by atoms with Crippen molar-refractivity contribution < 1.29 is 39.5 Å². The predicted molar refractivity (Wildman–Crippen MR) is 74.8 cm³/mol. The molecule has 0 N–H and O–H groups in total. The molecule has 0 bridgehead atoms. The molecule has 0 heterocycles. The molecular formula is C17H11F9. The van der Waals surface area contributed by atoms with E-state index < -0.39 is 75.0 Å². The van der Waals surface area contributed by atoms with E-state index in [2.05, 4.69) is 0 Å². The molecule has 0 aliphatic carbocycles. The fraction of sp³-hybridized carbons (Fsp3) is 0.294. The Labute approximate surface area is 142 Å². The molecule has 2 aromatic rings. The fourth-order valence-corrected chi connectivity index (χ4v) is 2.80. The molecule has 26 heavy (non-hydrogen) atoms. The van der Waals surface area contributed by atoms with Crippen molar-refractivity contribution in [3.8, 4) is 11.1 Å². The van der Waals surface area contributed by atoms with Crippen molar-refractivity contribution >= 4 is 0 Å². The minimum Gasteiger partial charge on any atom is -0.203 e. The van der Waals surface area contributed by atoms with Gasteiger partial charge in [0.25, 0.3) is 0 Å². The zero-order chi connectivity index (χ0) is 19.9. The Balaban J connectivity index is 3.09. The molecule has 0 aliphatic heterocycles. The van der Waals surface area contributed by atoms with E-state index in [0.29, 0.717) is 0 Å². The zero-order valence-corrected chi connectivity index (χ0v) is 13.4. The molecule has 0 saturated heterocycles. The van der Waals surface area contributed by atoms with Gasteiger partial charge in [-0.3, -0.25) is 0 Å². The normalized spacial score (nSPS) is 11.5. The summed E-state index contributed by atoms with van der Waals surface area (Å²) < 4.78 is 124. The first-order valence-corrected chi connectivity index (χ1v) is 7.47. The number of hydrogen-bond donors (Lipinski definition) is 0. The highest BCUT2D eigenvalue weighted by Crippen LogP contribution is 2.42. The number of halogens is 9. The van der Waals surface area contributed by atoms with Gasteiger partial charge in [-0.05, 0) is 18.8 Å². The van der Waals surface area contributed by atoms with Crippen molar-refractivity contribution in [1.29, 1.82) is 0 Å². The summed E-state index contributed by atoms with van der Waals surface area (Å²) in [6.45, 7) is 2.88. The quantitative estimate of drug-likeness (QED) is 0.319. The maximum Gasteiger partial charge on any atom is 0.200 e. The van der Waals surface area contributed by atoms with Gasteiger partial charge in [-0.15, -0.1) is 0 Å². The van der Waals surface area contributed by atoms with Gasteiger partial charge in [0.15, 0.2) is 46.5 Å². The molecule has 0 amide bonds. The number of hydrogen-bond acceptors (Lipinski definition) is 0. The van der Waals surface area contributed by atoms with E-state index in [1.54, 1.807) is 0 Å². The fourth-order valence-electron chi connectivity index (χ4n) is 2.80. The predicted octanol–water partition coefficient (Wildman–Crippen LogP) is 6.51. The molecular weight excluding hydrogens is 375 g/mol. The van der Waals surface area contributed by atoms with Crippen molar-refractivity contribution in [2.75, 3.05) is 0 Å². The van der Waals surface area contributed by atoms with Gasteiger partial charge >= 0.3 is 0 Å². The van der Waals surface area contributed by atoms with E-state index in [-0.39, 0.29) is 12.8 Å². The molecule has 0 atom stereocenters. The third kappa shape index (κ3) is 2.83. The molecule has 0 aliphatic rings. The summed E-state index contributed by atoms with van der Waals surface area (Å²) in [6.07, 6.45) is 0.000654. The molecule has 0 radical (unpaired) electrons. The van der Waals surface area contributed by atoms with Crippen molar-refractivity contribution in [3.05, 3.63) is 57.9 Å². The van der Waals surface area contributed by atoms with Gasteiger partial charge in [-0.2, -0.15) is 0 Å². The van der Waals surface area contributed by atoms with Crippen molar-refractivity contribution in [1.82, 2.24) is 0 Å². The summed E-state index contributed by atoms with van der Waals surface area (Å²) in [5.74, 6) is -22.2. The lowest BCUT2D eigenvalue weighted by molar-refractivity contribution is 0.377. The molecule has 2 rings (SSSR count). The molecule has 0 saturated carbocycles. The monoisotopic (exact) mass is 386 g/mol. The number of rotatable bonds is 4. The average Bonchev–Trinajstić information content (AvgIpc) is 2.63. The van der Waals surface area contributed by atoms with E-state index >= 15 is 0 Å². The van der Waals surface area contributed by atoms with Crippen molar-refractivity contribution in [2.45, 2.75) is 32.6 Å². The third-order valence-corrected chi connectivity index (χ3v) is 4.16. The molecule has 0 unspecified atom stereocenters. The lowest BCUT2D eigenvalue weighted by atomic mass is 9.85. The molecule has 9 heteroatoms. The first kappa shape index (κ1) is 20.1. The maximum absolute atomic E-state index is 14.3. The molecule has 0 nitrogen and oxygen atoms in total. The van der Waals surface area contributed by atoms with E-state index in [9.17, 15) is 39.5 Å². The second-order valence-corrected chi connectivity index (χ2v) is 5.50. The summed E-state index contributed by atoms with van der Waals surface area (Å²) in [6, 6.07) is 0. The Morgan fingerprint density at radius 3 is 1.15 bits per heavy atom. The third-order valence-electron chi connectivity index (χ3n) is 4.16. The van der Waals surface area contributed by atoms with E-state index in [4.69, 9.17) is 0 Å². The van der Waals surface area contributed by atoms with Gasteiger partial charge < -0.3 is 0 Å². The van der Waals surface area contributed by atoms with Crippen LogP contribution in [0.4, 0.5) is 39.5 Å². The van der Waals surface area contributed by atoms with Crippen LogP contribution in [-0.2, 0) is 0 Å². The minimum absolute atomic E-state index is 0.000327. The van der Waals surface area contributed by atoms with E-state index in [0.717, 1.165) is 0 Å². The standard InChI is InChI=1S/C17H11F9/c1-3-5(4-2)6-7(10(19)14(23)13(22)9(6)18)8-11(20)15(24)17(26)16(25)12(8)21/h5H,3-4H2,1-2H3. The minimum atomic E-state index is -2.52. The van der Waals surface area contributed by atoms with Gasteiger partial charge in [0, 0.05) is 11.1 Å². The molecule has 0 aromatic heterocycles. The van der Waals surface area contributed by atoms with Gasteiger partial charge in [0.2, 0.25) is 5.82 Å². The summed E-state index contributed by atoms with van der Waals surface area (Å²) in [5, 5.41) is 0. The van der Waals surface area contributed by atoms with Gasteiger partial charge in [0.05, 0.1) is 5.56 Å². The summed E-state index contributed by atoms with van der Waals surface area (Å²) in [4.78, 5) is 0. The zero-order valence-electron chi connectivity index (χ0n) is 13.4. The van der Waals surface area contributed by atoms with Crippen LogP contribution in [0.5, 0.6) is 0 Å². The van der Waals surface area contributed by atoms with Gasteiger partial charge in [-0.25, -0.2) is 39.5 Å². The van der Waals surface area contributed by atoms with Crippen LogP contribution in [0.25, 0.3) is 11.1 Å². The van der Waals surface area contributed by atoms with Crippen LogP contribution < -0.4 is 0 Å². The first-order valence-electron chi connectivity index (χ1n) is 7.47. The average molecular weight is 386 g/mol. The lowest BCUT2D eigenvalue weighted by Gasteiger charge is -2.21. The topological polar surface area (TPSA) is 0 Å². The van der Waals surface area contributed by atoms with Crippen LogP contribution in [0.3, 0.4) is 0 Å². The van der Waals surface area contributed by atoms with Gasteiger partial charge in [0.1, 0.15) is 0 Å². The summed E-state index contributed by atoms with van der Waals surface area (Å²) in [7, 11) is 0. The smallest absolute Gasteiger partial charge is 0.200 e. The molecule has 0 spiro atoms. The molecule has 0 fully saturated rings. The van der Waals surface area contributed by atoms with Crippen LogP contribution >= 0.6 is 0 Å². The second kappa shape index (κ2) is 7.20. The van der Waals surface area contributed by atoms with E-state index in [1.807, 2.05) is 0 Å². The molecule has 2 aromatic carbocycles. The Morgan fingerprint density at radius 2 is 0.769 bits per heavy atom. The maximum atomic E-state index is 14.3. The molecule has 142 valence electrons. The highest BCUT2D eigenvalue weighted by atomic mass is 19.2. The van der Waals surface area contributed by atoms with Crippen LogP contribution in [0.15, 0.2) is 0 Å². The van der Waals surface area contributed by atoms with Crippen LogP contribution in [0, 0.1) is 52.4 Å². The first-order chi connectivity index (χ1) is 12.1. The Morgan fingerprint density at radius 1 is 0.462 bits per heavy atom. The second-order valence-electron chi connectivity index (χ2n) is 5.50.